The normalized spacial score (nSPS) is 12.0. The third-order valence-corrected chi connectivity index (χ3v) is 3.54. The summed E-state index contributed by atoms with van der Waals surface area (Å²) >= 11 is 0. The Labute approximate surface area is 159 Å². The quantitative estimate of drug-likeness (QED) is 0.373. The van der Waals surface area contributed by atoms with Gasteiger partial charge in [0.1, 0.15) is 0 Å². The van der Waals surface area contributed by atoms with Crippen molar-refractivity contribution in [3.05, 3.63) is 29.8 Å². The van der Waals surface area contributed by atoms with Crippen LogP contribution in [0.5, 0.6) is 11.5 Å². The number of hydrogen-bond acceptors (Lipinski definition) is 8. The van der Waals surface area contributed by atoms with Gasteiger partial charge in [-0.15, -0.1) is 0 Å². The van der Waals surface area contributed by atoms with E-state index in [1.807, 2.05) is 0 Å². The Morgan fingerprint density at radius 3 is 2.37 bits per heavy atom. The largest absolute Gasteiger partial charge is 0.463 e. The van der Waals surface area contributed by atoms with E-state index in [0.29, 0.717) is 5.56 Å². The van der Waals surface area contributed by atoms with E-state index in [0.717, 1.165) is 6.92 Å². The van der Waals surface area contributed by atoms with E-state index < -0.39 is 27.8 Å². The Morgan fingerprint density at radius 1 is 1.15 bits per heavy atom. The van der Waals surface area contributed by atoms with Crippen LogP contribution in [0.1, 0.15) is 40.2 Å². The molecule has 0 aliphatic rings. The Hall–Kier alpha value is -2.39. The molecular weight excluding hydrogens is 376 g/mol. The third-order valence-electron chi connectivity index (χ3n) is 2.75. The summed E-state index contributed by atoms with van der Waals surface area (Å²) in [5, 5.41) is 0. The molecule has 0 radical (unpaired) electrons. The maximum atomic E-state index is 12.0. The number of rotatable bonds is 8. The molecule has 0 heterocycles. The Bertz CT molecular complexity index is 803. The molecule has 0 saturated heterocycles. The summed E-state index contributed by atoms with van der Waals surface area (Å²) in [7, 11) is -4.36. The fourth-order valence-electron chi connectivity index (χ4n) is 1.67. The molecule has 0 atom stereocenters. The monoisotopic (exact) mass is 400 g/mol. The zero-order valence-corrected chi connectivity index (χ0v) is 16.8. The van der Waals surface area contributed by atoms with Crippen molar-refractivity contribution in [1.82, 2.24) is 0 Å². The molecule has 9 heteroatoms. The van der Waals surface area contributed by atoms with Gasteiger partial charge in [0.05, 0.1) is 13.2 Å². The molecule has 0 unspecified atom stereocenters. The highest BCUT2D eigenvalue weighted by molar-refractivity contribution is 7.82. The molecule has 1 rings (SSSR count). The van der Waals surface area contributed by atoms with Crippen LogP contribution in [0.15, 0.2) is 24.3 Å². The van der Waals surface area contributed by atoms with Crippen molar-refractivity contribution in [2.24, 2.45) is 5.41 Å². The topological polar surface area (TPSA) is 105 Å². The van der Waals surface area contributed by atoms with E-state index in [1.165, 1.54) is 30.4 Å². The van der Waals surface area contributed by atoms with Gasteiger partial charge in [0.25, 0.3) is 0 Å². The molecule has 0 saturated carbocycles. The van der Waals surface area contributed by atoms with E-state index >= 15 is 0 Å². The van der Waals surface area contributed by atoms with Gasteiger partial charge in [0.2, 0.25) is 0 Å². The first-order valence-corrected chi connectivity index (χ1v) is 9.51. The fraction of sp³-hybridized carbons (Fsp3) is 0.444. The smallest absolute Gasteiger partial charge is 0.449 e. The van der Waals surface area contributed by atoms with E-state index in [4.69, 9.17) is 17.8 Å². The van der Waals surface area contributed by atoms with Crippen LogP contribution in [0.3, 0.4) is 0 Å². The first-order chi connectivity index (χ1) is 12.4. The van der Waals surface area contributed by atoms with Crippen molar-refractivity contribution >= 4 is 28.4 Å². The Balaban J connectivity index is 3.05. The average Bonchev–Trinajstić information content (AvgIpc) is 2.52. The number of ether oxygens (including phenoxy) is 2. The lowest BCUT2D eigenvalue weighted by atomic mass is 9.99. The molecule has 8 nitrogen and oxygen atoms in total. The highest BCUT2D eigenvalue weighted by atomic mass is 32.3. The highest BCUT2D eigenvalue weighted by Crippen LogP contribution is 2.31. The summed E-state index contributed by atoms with van der Waals surface area (Å²) in [5.41, 5.74) is 0.0799. The van der Waals surface area contributed by atoms with Crippen LogP contribution in [0.25, 0.3) is 6.08 Å². The van der Waals surface area contributed by atoms with Gasteiger partial charge < -0.3 is 13.7 Å². The second-order valence-corrected chi connectivity index (χ2v) is 7.92. The van der Waals surface area contributed by atoms with E-state index in [-0.39, 0.29) is 24.7 Å². The number of carbonyl (C=O) groups is 2. The molecule has 0 fully saturated rings. The average molecular weight is 400 g/mol. The molecule has 0 aromatic heterocycles. The molecule has 0 bridgehead atoms. The van der Waals surface area contributed by atoms with Gasteiger partial charge in [-0.05, 0) is 36.1 Å². The van der Waals surface area contributed by atoms with Crippen molar-refractivity contribution in [3.63, 3.8) is 0 Å². The molecule has 1 aromatic carbocycles. The summed E-state index contributed by atoms with van der Waals surface area (Å²) in [5.74, 6) is -1.55. The summed E-state index contributed by atoms with van der Waals surface area (Å²) in [6.45, 7) is 8.40. The zero-order chi connectivity index (χ0) is 20.7. The Morgan fingerprint density at radius 2 is 1.81 bits per heavy atom. The van der Waals surface area contributed by atoms with Gasteiger partial charge in [-0.2, -0.15) is 8.42 Å². The minimum atomic E-state index is -4.36. The first kappa shape index (κ1) is 22.7. The number of benzene rings is 1. The maximum absolute atomic E-state index is 12.0. The van der Waals surface area contributed by atoms with Crippen LogP contribution in [0.2, 0.25) is 0 Å². The molecule has 27 heavy (non-hydrogen) atoms. The van der Waals surface area contributed by atoms with Crippen molar-refractivity contribution in [2.75, 3.05) is 13.2 Å². The predicted octanol–water partition coefficient (Wildman–Crippen LogP) is 2.87. The van der Waals surface area contributed by atoms with Crippen LogP contribution >= 0.6 is 0 Å². The molecule has 0 spiro atoms. The number of hydrogen-bond donors (Lipinski definition) is 0. The van der Waals surface area contributed by atoms with Crippen molar-refractivity contribution in [2.45, 2.75) is 34.6 Å². The van der Waals surface area contributed by atoms with E-state index in [2.05, 4.69) is 0 Å². The summed E-state index contributed by atoms with van der Waals surface area (Å²) in [6, 6.07) is 4.13. The SMILES string of the molecule is CCOC(=O)/C=C/c1ccc(OS(=O)(=O)OCC(C)(C)C)c(OC(C)=O)c1. The fourth-order valence-corrected chi connectivity index (χ4v) is 2.57. The van der Waals surface area contributed by atoms with Crippen LogP contribution in [-0.2, 0) is 28.9 Å². The van der Waals surface area contributed by atoms with Crippen LogP contribution < -0.4 is 8.92 Å². The van der Waals surface area contributed by atoms with Crippen LogP contribution in [0.4, 0.5) is 0 Å². The Kier molecular flexibility index (Phi) is 7.98. The summed E-state index contributed by atoms with van der Waals surface area (Å²) in [4.78, 5) is 22.7. The van der Waals surface area contributed by atoms with Gasteiger partial charge in [0.15, 0.2) is 11.5 Å². The van der Waals surface area contributed by atoms with Crippen molar-refractivity contribution in [3.8, 4) is 11.5 Å². The lowest BCUT2D eigenvalue weighted by Crippen LogP contribution is -2.22. The minimum absolute atomic E-state index is 0.0847. The summed E-state index contributed by atoms with van der Waals surface area (Å²) in [6.07, 6.45) is 2.62. The van der Waals surface area contributed by atoms with Gasteiger partial charge in [-0.3, -0.25) is 4.79 Å². The van der Waals surface area contributed by atoms with E-state index in [1.54, 1.807) is 27.7 Å². The van der Waals surface area contributed by atoms with Crippen molar-refractivity contribution in [1.29, 1.82) is 0 Å². The molecular formula is C18H24O8S. The number of esters is 2. The molecule has 0 amide bonds. The first-order valence-electron chi connectivity index (χ1n) is 8.18. The second-order valence-electron chi connectivity index (χ2n) is 6.70. The molecule has 0 aliphatic heterocycles. The molecule has 0 N–H and O–H groups in total. The number of carbonyl (C=O) groups excluding carboxylic acids is 2. The molecule has 150 valence electrons. The van der Waals surface area contributed by atoms with Gasteiger partial charge >= 0.3 is 22.3 Å². The van der Waals surface area contributed by atoms with Crippen LogP contribution in [-0.4, -0.2) is 33.6 Å². The van der Waals surface area contributed by atoms with Gasteiger partial charge in [-0.1, -0.05) is 26.8 Å². The second kappa shape index (κ2) is 9.52. The standard InChI is InChI=1S/C18H24O8S/c1-6-23-17(20)10-8-14-7-9-15(16(11-14)25-13(2)19)26-27(21,22)24-12-18(3,4)5/h7-11H,6,12H2,1-5H3/b10-8+. The van der Waals surface area contributed by atoms with E-state index in [9.17, 15) is 18.0 Å². The summed E-state index contributed by atoms with van der Waals surface area (Å²) < 4.78 is 43.5. The maximum Gasteiger partial charge on any atom is 0.449 e. The molecule has 1 aromatic rings. The third kappa shape index (κ3) is 9.20. The van der Waals surface area contributed by atoms with Crippen LogP contribution in [0, 0.1) is 5.41 Å². The van der Waals surface area contributed by atoms with Crippen molar-refractivity contribution < 1.29 is 35.8 Å². The predicted molar refractivity (Wildman–Crippen MR) is 98.4 cm³/mol. The lowest BCUT2D eigenvalue weighted by Gasteiger charge is -2.18. The molecule has 0 aliphatic carbocycles. The van der Waals surface area contributed by atoms with Gasteiger partial charge in [0, 0.05) is 13.0 Å². The zero-order valence-electron chi connectivity index (χ0n) is 16.0. The highest BCUT2D eigenvalue weighted by Gasteiger charge is 2.22. The lowest BCUT2D eigenvalue weighted by molar-refractivity contribution is -0.137. The van der Waals surface area contributed by atoms with Gasteiger partial charge in [-0.25, -0.2) is 8.98 Å². The minimum Gasteiger partial charge on any atom is -0.463 e.